The minimum absolute atomic E-state index is 0.151. The molecule has 1 aliphatic heterocycles. The summed E-state index contributed by atoms with van der Waals surface area (Å²) in [6.45, 7) is 5.56. The molecule has 1 saturated heterocycles. The molecule has 3 aromatic rings. The van der Waals surface area contributed by atoms with Crippen molar-refractivity contribution < 1.29 is 9.59 Å². The van der Waals surface area contributed by atoms with Gasteiger partial charge in [-0.2, -0.15) is 0 Å². The number of aryl methyl sites for hydroxylation is 3. The summed E-state index contributed by atoms with van der Waals surface area (Å²) in [7, 11) is 3.39. The highest BCUT2D eigenvalue weighted by molar-refractivity contribution is 5.98. The first-order valence-corrected chi connectivity index (χ1v) is 11.4. The van der Waals surface area contributed by atoms with Crippen LogP contribution in [0, 0.1) is 13.8 Å². The molecule has 0 spiro atoms. The minimum Gasteiger partial charge on any atom is -0.383 e. The molecule has 2 aromatic heterocycles. The highest BCUT2D eigenvalue weighted by atomic mass is 16.2. The third kappa shape index (κ3) is 4.84. The first-order valence-electron chi connectivity index (χ1n) is 11.4. The third-order valence-electron chi connectivity index (χ3n) is 6.57. The van der Waals surface area contributed by atoms with Crippen molar-refractivity contribution in [3.63, 3.8) is 0 Å². The fraction of sp³-hybridized carbons (Fsp3) is 0.440. The van der Waals surface area contributed by atoms with Crippen LogP contribution >= 0.6 is 0 Å². The molecular formula is C25H32N6O2. The Morgan fingerprint density at radius 2 is 1.82 bits per heavy atom. The standard InChI is InChI=1S/C25H32N6O2/c1-15-13-20-21(14-16(15)2)28-22(27-20)7-8-23(32)31-11-9-17(10-12-31)19-6-5-18(24(26)29-19)25(33)30(3)4/h5-6,13-14,17H,7-12H2,1-4H3,(H2,26,29)(H,27,28). The number of nitrogens with zero attached hydrogens (tertiary/aromatic N) is 4. The van der Waals surface area contributed by atoms with Gasteiger partial charge in [-0.25, -0.2) is 9.97 Å². The predicted octanol–water partition coefficient (Wildman–Crippen LogP) is 3.20. The maximum absolute atomic E-state index is 12.8. The van der Waals surface area contributed by atoms with E-state index in [4.69, 9.17) is 5.73 Å². The summed E-state index contributed by atoms with van der Waals surface area (Å²) >= 11 is 0. The van der Waals surface area contributed by atoms with Gasteiger partial charge in [-0.3, -0.25) is 9.59 Å². The number of amides is 2. The molecule has 8 nitrogen and oxygen atoms in total. The molecule has 0 atom stereocenters. The molecule has 0 saturated carbocycles. The normalized spacial score (nSPS) is 14.6. The van der Waals surface area contributed by atoms with Crippen molar-refractivity contribution in [3.8, 4) is 0 Å². The molecule has 1 fully saturated rings. The Morgan fingerprint density at radius 3 is 2.48 bits per heavy atom. The Balaban J connectivity index is 1.32. The largest absolute Gasteiger partial charge is 0.383 e. The smallest absolute Gasteiger partial charge is 0.257 e. The van der Waals surface area contributed by atoms with Crippen LogP contribution in [0.1, 0.15) is 58.2 Å². The number of carbonyl (C=O) groups is 2. The zero-order chi connectivity index (χ0) is 23.7. The number of aromatic nitrogens is 3. The zero-order valence-electron chi connectivity index (χ0n) is 19.8. The van der Waals surface area contributed by atoms with E-state index >= 15 is 0 Å². The molecule has 0 aliphatic carbocycles. The number of anilines is 1. The van der Waals surface area contributed by atoms with Crippen molar-refractivity contribution in [2.24, 2.45) is 0 Å². The number of hydrogen-bond acceptors (Lipinski definition) is 5. The molecule has 8 heteroatoms. The lowest BCUT2D eigenvalue weighted by atomic mass is 9.92. The molecule has 4 rings (SSSR count). The number of nitrogens with two attached hydrogens (primary N) is 1. The number of benzene rings is 1. The zero-order valence-corrected chi connectivity index (χ0v) is 19.8. The highest BCUT2D eigenvalue weighted by Gasteiger charge is 2.25. The van der Waals surface area contributed by atoms with Crippen LogP contribution in [0.4, 0.5) is 5.82 Å². The summed E-state index contributed by atoms with van der Waals surface area (Å²) in [6, 6.07) is 7.84. The lowest BCUT2D eigenvalue weighted by molar-refractivity contribution is -0.132. The van der Waals surface area contributed by atoms with Crippen LogP contribution in [0.15, 0.2) is 24.3 Å². The molecule has 0 bridgehead atoms. The first-order chi connectivity index (χ1) is 15.7. The van der Waals surface area contributed by atoms with Crippen molar-refractivity contribution >= 4 is 28.7 Å². The number of rotatable bonds is 5. The molecule has 3 heterocycles. The van der Waals surface area contributed by atoms with Gasteiger partial charge in [-0.1, -0.05) is 0 Å². The summed E-state index contributed by atoms with van der Waals surface area (Å²) in [4.78, 5) is 40.9. The maximum atomic E-state index is 12.8. The van der Waals surface area contributed by atoms with Crippen LogP contribution in [0.3, 0.4) is 0 Å². The molecular weight excluding hydrogens is 416 g/mol. The second-order valence-electron chi connectivity index (χ2n) is 9.16. The van der Waals surface area contributed by atoms with Gasteiger partial charge in [0.25, 0.3) is 5.91 Å². The molecule has 0 unspecified atom stereocenters. The van der Waals surface area contributed by atoms with Gasteiger partial charge in [-0.15, -0.1) is 0 Å². The van der Waals surface area contributed by atoms with E-state index in [0.717, 1.165) is 35.4 Å². The highest BCUT2D eigenvalue weighted by Crippen LogP contribution is 2.28. The van der Waals surface area contributed by atoms with Crippen LogP contribution in [0.5, 0.6) is 0 Å². The molecule has 174 valence electrons. The van der Waals surface area contributed by atoms with Crippen LogP contribution in [0.25, 0.3) is 11.0 Å². The van der Waals surface area contributed by atoms with E-state index in [1.165, 1.54) is 16.0 Å². The van der Waals surface area contributed by atoms with E-state index in [2.05, 4.69) is 40.9 Å². The number of piperidine rings is 1. The summed E-state index contributed by atoms with van der Waals surface area (Å²) in [5, 5.41) is 0. The number of imidazole rings is 1. The quantitative estimate of drug-likeness (QED) is 0.623. The third-order valence-corrected chi connectivity index (χ3v) is 6.57. The van der Waals surface area contributed by atoms with E-state index in [0.29, 0.717) is 31.5 Å². The van der Waals surface area contributed by atoms with Crippen molar-refractivity contribution in [2.75, 3.05) is 32.9 Å². The van der Waals surface area contributed by atoms with Gasteiger partial charge in [-0.05, 0) is 62.1 Å². The number of nitrogens with one attached hydrogen (secondary N) is 1. The van der Waals surface area contributed by atoms with E-state index in [-0.39, 0.29) is 23.6 Å². The van der Waals surface area contributed by atoms with Crippen LogP contribution in [-0.2, 0) is 11.2 Å². The Labute approximate surface area is 194 Å². The first kappa shape index (κ1) is 22.8. The summed E-state index contributed by atoms with van der Waals surface area (Å²) in [5.74, 6) is 1.36. The van der Waals surface area contributed by atoms with Gasteiger partial charge >= 0.3 is 0 Å². The lowest BCUT2D eigenvalue weighted by Crippen LogP contribution is -2.38. The fourth-order valence-electron chi connectivity index (χ4n) is 4.39. The Bertz CT molecular complexity index is 1150. The SMILES string of the molecule is Cc1cc2nc(CCC(=O)N3CCC(c4ccc(C(=O)N(C)C)c(N)n4)CC3)[nH]c2cc1C. The molecule has 2 amide bonds. The molecule has 33 heavy (non-hydrogen) atoms. The van der Waals surface area contributed by atoms with Gasteiger partial charge in [0.1, 0.15) is 11.6 Å². The molecule has 0 radical (unpaired) electrons. The second kappa shape index (κ2) is 9.21. The number of carbonyl (C=O) groups excluding carboxylic acids is 2. The number of H-pyrrole nitrogens is 1. The van der Waals surface area contributed by atoms with E-state index in [1.807, 2.05) is 11.0 Å². The predicted molar refractivity (Wildman–Crippen MR) is 129 cm³/mol. The van der Waals surface area contributed by atoms with Crippen LogP contribution in [-0.4, -0.2) is 63.8 Å². The van der Waals surface area contributed by atoms with Gasteiger partial charge in [0.05, 0.1) is 16.6 Å². The average Bonchev–Trinajstić information content (AvgIpc) is 3.18. The van der Waals surface area contributed by atoms with Gasteiger partial charge in [0, 0.05) is 51.6 Å². The van der Waals surface area contributed by atoms with Crippen molar-refractivity contribution in [3.05, 3.63) is 52.5 Å². The monoisotopic (exact) mass is 448 g/mol. The Kier molecular flexibility index (Phi) is 6.35. The summed E-state index contributed by atoms with van der Waals surface area (Å²) in [6.07, 6.45) is 2.71. The van der Waals surface area contributed by atoms with Crippen molar-refractivity contribution in [1.29, 1.82) is 0 Å². The second-order valence-corrected chi connectivity index (χ2v) is 9.16. The number of likely N-dealkylation sites (tertiary alicyclic amines) is 1. The van der Waals surface area contributed by atoms with Crippen molar-refractivity contribution in [2.45, 2.75) is 45.4 Å². The Hall–Kier alpha value is -3.42. The Morgan fingerprint density at radius 1 is 1.12 bits per heavy atom. The van der Waals surface area contributed by atoms with Crippen LogP contribution < -0.4 is 5.73 Å². The van der Waals surface area contributed by atoms with E-state index in [1.54, 1.807) is 20.2 Å². The minimum atomic E-state index is -0.151. The van der Waals surface area contributed by atoms with Gasteiger partial charge in [0.2, 0.25) is 5.91 Å². The fourth-order valence-corrected chi connectivity index (χ4v) is 4.39. The van der Waals surface area contributed by atoms with Crippen molar-refractivity contribution in [1.82, 2.24) is 24.8 Å². The molecule has 1 aliphatic rings. The molecule has 1 aromatic carbocycles. The summed E-state index contributed by atoms with van der Waals surface area (Å²) in [5.41, 5.74) is 11.8. The number of pyridine rings is 1. The van der Waals surface area contributed by atoms with Gasteiger partial charge in [0.15, 0.2) is 0 Å². The molecule has 3 N–H and O–H groups in total. The van der Waals surface area contributed by atoms with E-state index in [9.17, 15) is 9.59 Å². The number of aromatic amines is 1. The number of fused-ring (bicyclic) bond motifs is 1. The number of nitrogen functional groups attached to an aromatic ring is 1. The average molecular weight is 449 g/mol. The van der Waals surface area contributed by atoms with Gasteiger partial charge < -0.3 is 20.5 Å². The maximum Gasteiger partial charge on any atom is 0.257 e. The number of hydrogen-bond donors (Lipinski definition) is 2. The van der Waals surface area contributed by atoms with E-state index < -0.39 is 0 Å². The summed E-state index contributed by atoms with van der Waals surface area (Å²) < 4.78 is 0. The lowest BCUT2D eigenvalue weighted by Gasteiger charge is -2.32. The van der Waals surface area contributed by atoms with Crippen LogP contribution in [0.2, 0.25) is 0 Å². The topological polar surface area (TPSA) is 108 Å².